The third kappa shape index (κ3) is 5.78. The van der Waals surface area contributed by atoms with Crippen molar-refractivity contribution >= 4 is 35.1 Å². The van der Waals surface area contributed by atoms with Gasteiger partial charge in [-0.15, -0.1) is 0 Å². The second kappa shape index (κ2) is 10.4. The number of ether oxygens (including phenoxy) is 1. The van der Waals surface area contributed by atoms with E-state index in [1.165, 1.54) is 11.0 Å². The molecule has 1 aliphatic rings. The van der Waals surface area contributed by atoms with Crippen molar-refractivity contribution < 1.29 is 28.6 Å². The van der Waals surface area contributed by atoms with Crippen molar-refractivity contribution in [3.05, 3.63) is 47.5 Å². The van der Waals surface area contributed by atoms with E-state index in [0.717, 1.165) is 0 Å². The van der Waals surface area contributed by atoms with Gasteiger partial charge in [0.2, 0.25) is 11.8 Å². The Morgan fingerprint density at radius 1 is 1.30 bits per heavy atom. The molecule has 0 spiro atoms. The van der Waals surface area contributed by atoms with Crippen LogP contribution in [0.2, 0.25) is 0 Å². The molecular formula is C27H28N4O6. The summed E-state index contributed by atoms with van der Waals surface area (Å²) in [5.74, 6) is -0.0299. The van der Waals surface area contributed by atoms with Crippen molar-refractivity contribution in [3.8, 4) is 17.5 Å². The molecule has 192 valence electrons. The number of benzene rings is 2. The van der Waals surface area contributed by atoms with Crippen LogP contribution in [0.1, 0.15) is 49.5 Å². The molecule has 0 bridgehead atoms. The maximum atomic E-state index is 12.5. The first-order valence-electron chi connectivity index (χ1n) is 11.9. The molecule has 10 heteroatoms. The van der Waals surface area contributed by atoms with Crippen LogP contribution in [0, 0.1) is 16.7 Å². The normalized spacial score (nSPS) is 17.8. The highest BCUT2D eigenvalue weighted by molar-refractivity contribution is 5.95. The number of hydrogen-bond donors (Lipinski definition) is 2. The lowest BCUT2D eigenvalue weighted by Crippen LogP contribution is -2.53. The Morgan fingerprint density at radius 3 is 2.65 bits per heavy atom. The van der Waals surface area contributed by atoms with Crippen molar-refractivity contribution in [1.82, 2.24) is 9.88 Å². The van der Waals surface area contributed by atoms with Crippen LogP contribution < -0.4 is 5.32 Å². The van der Waals surface area contributed by atoms with Crippen LogP contribution in [0.15, 0.2) is 40.8 Å². The van der Waals surface area contributed by atoms with Crippen LogP contribution in [-0.2, 0) is 9.53 Å². The van der Waals surface area contributed by atoms with Crippen LogP contribution in [0.25, 0.3) is 22.6 Å². The maximum absolute atomic E-state index is 12.5. The second-order valence-electron chi connectivity index (χ2n) is 10.1. The minimum Gasteiger partial charge on any atom is -0.465 e. The Kier molecular flexibility index (Phi) is 7.27. The van der Waals surface area contributed by atoms with E-state index in [0.29, 0.717) is 53.6 Å². The number of carboxylic acid groups (broad SMARTS) is 1. The molecule has 0 saturated carbocycles. The van der Waals surface area contributed by atoms with E-state index >= 15 is 0 Å². The Balaban J connectivity index is 1.36. The predicted octanol–water partition coefficient (Wildman–Crippen LogP) is 4.69. The van der Waals surface area contributed by atoms with E-state index in [-0.39, 0.29) is 41.5 Å². The molecule has 0 aliphatic carbocycles. The highest BCUT2D eigenvalue weighted by Crippen LogP contribution is 2.33. The fraction of sp³-hybridized carbons (Fsp3) is 0.370. The number of fused-ring (bicyclic) bond motifs is 1. The first-order valence-corrected chi connectivity index (χ1v) is 11.9. The number of nitrogens with zero attached hydrogens (tertiary/aromatic N) is 3. The topological polar surface area (TPSA) is 146 Å². The van der Waals surface area contributed by atoms with Crippen molar-refractivity contribution in [2.45, 2.75) is 45.8 Å². The van der Waals surface area contributed by atoms with Gasteiger partial charge in [0, 0.05) is 23.8 Å². The van der Waals surface area contributed by atoms with Crippen molar-refractivity contribution in [2.24, 2.45) is 5.41 Å². The number of hydrogen-bond acceptors (Lipinski definition) is 7. The second-order valence-corrected chi connectivity index (χ2v) is 10.1. The van der Waals surface area contributed by atoms with Gasteiger partial charge >= 0.3 is 6.09 Å². The van der Waals surface area contributed by atoms with Gasteiger partial charge in [-0.1, -0.05) is 20.8 Å². The summed E-state index contributed by atoms with van der Waals surface area (Å²) in [5.41, 5.74) is 2.23. The number of aromatic nitrogens is 1. The Labute approximate surface area is 213 Å². The fourth-order valence-electron chi connectivity index (χ4n) is 4.56. The molecule has 1 aromatic heterocycles. The van der Waals surface area contributed by atoms with Crippen LogP contribution >= 0.6 is 0 Å². The van der Waals surface area contributed by atoms with E-state index in [4.69, 9.17) is 14.4 Å². The van der Waals surface area contributed by atoms with Crippen LogP contribution in [0.4, 0.5) is 10.5 Å². The summed E-state index contributed by atoms with van der Waals surface area (Å²) in [5, 5.41) is 21.4. The largest absolute Gasteiger partial charge is 0.465 e. The average Bonchev–Trinajstić information content (AvgIpc) is 3.30. The highest BCUT2D eigenvalue weighted by atomic mass is 16.5. The summed E-state index contributed by atoms with van der Waals surface area (Å²) in [4.78, 5) is 41.3. The first-order chi connectivity index (χ1) is 17.6. The summed E-state index contributed by atoms with van der Waals surface area (Å²) in [6.07, 6.45) is 0.549. The third-order valence-electron chi connectivity index (χ3n) is 6.44. The average molecular weight is 505 g/mol. The van der Waals surface area contributed by atoms with Gasteiger partial charge in [0.15, 0.2) is 11.9 Å². The Bertz CT molecular complexity index is 1370. The van der Waals surface area contributed by atoms with E-state index in [1.54, 1.807) is 30.3 Å². The molecule has 2 aromatic carbocycles. The van der Waals surface area contributed by atoms with Gasteiger partial charge in [0.25, 0.3) is 0 Å². The summed E-state index contributed by atoms with van der Waals surface area (Å²) in [6.45, 7) is 6.22. The number of likely N-dealkylation sites (tertiary alicyclic amines) is 1. The molecule has 2 atom stereocenters. The van der Waals surface area contributed by atoms with Gasteiger partial charge in [-0.25, -0.2) is 9.78 Å². The molecule has 37 heavy (non-hydrogen) atoms. The minimum atomic E-state index is -0.937. The number of oxazole rings is 1. The molecule has 4 rings (SSSR count). The number of nitriles is 1. The van der Waals surface area contributed by atoms with Crippen molar-refractivity contribution in [3.63, 3.8) is 0 Å². The summed E-state index contributed by atoms with van der Waals surface area (Å²) < 4.78 is 11.6. The SMILES string of the molecule is CC(C)(C)C1CC(OCC(=O)Nc2ccc(-c3nc4cc(C#N)cc(C=O)c4o3)cc2)CCN1C(=O)O. The Morgan fingerprint density at radius 2 is 2.03 bits per heavy atom. The summed E-state index contributed by atoms with van der Waals surface area (Å²) in [6, 6.07) is 11.7. The zero-order valence-corrected chi connectivity index (χ0v) is 20.9. The quantitative estimate of drug-likeness (QED) is 0.460. The van der Waals surface area contributed by atoms with Gasteiger partial charge in [-0.2, -0.15) is 5.26 Å². The molecule has 2 unspecified atom stereocenters. The molecular weight excluding hydrogens is 476 g/mol. The van der Waals surface area contributed by atoms with E-state index < -0.39 is 6.09 Å². The van der Waals surface area contributed by atoms with Gasteiger partial charge < -0.3 is 24.5 Å². The van der Waals surface area contributed by atoms with Crippen molar-refractivity contribution in [1.29, 1.82) is 5.26 Å². The first kappa shape index (κ1) is 25.9. The lowest BCUT2D eigenvalue weighted by molar-refractivity contribution is -0.124. The number of carbonyl (C=O) groups excluding carboxylic acids is 2. The highest BCUT2D eigenvalue weighted by Gasteiger charge is 2.39. The van der Waals surface area contributed by atoms with Crippen molar-refractivity contribution in [2.75, 3.05) is 18.5 Å². The number of piperidine rings is 1. The molecule has 2 N–H and O–H groups in total. The smallest absolute Gasteiger partial charge is 0.407 e. The number of aldehydes is 1. The predicted molar refractivity (Wildman–Crippen MR) is 135 cm³/mol. The van der Waals surface area contributed by atoms with Crippen LogP contribution in [0.5, 0.6) is 0 Å². The van der Waals surface area contributed by atoms with Crippen LogP contribution in [-0.4, -0.2) is 58.6 Å². The minimum absolute atomic E-state index is 0.142. The van der Waals surface area contributed by atoms with Crippen LogP contribution in [0.3, 0.4) is 0 Å². The summed E-state index contributed by atoms with van der Waals surface area (Å²) in [7, 11) is 0. The molecule has 2 heterocycles. The molecule has 1 aliphatic heterocycles. The molecule has 1 saturated heterocycles. The van der Waals surface area contributed by atoms with E-state index in [2.05, 4.69) is 10.3 Å². The van der Waals surface area contributed by atoms with Gasteiger partial charge in [-0.05, 0) is 54.7 Å². The molecule has 10 nitrogen and oxygen atoms in total. The third-order valence-corrected chi connectivity index (χ3v) is 6.44. The van der Waals surface area contributed by atoms with E-state index in [9.17, 15) is 19.5 Å². The zero-order valence-electron chi connectivity index (χ0n) is 20.9. The number of nitrogens with one attached hydrogen (secondary N) is 1. The molecule has 1 fully saturated rings. The lowest BCUT2D eigenvalue weighted by atomic mass is 9.80. The number of rotatable bonds is 6. The Hall–Kier alpha value is -4.23. The van der Waals surface area contributed by atoms with Gasteiger partial charge in [0.1, 0.15) is 12.1 Å². The van der Waals surface area contributed by atoms with Gasteiger partial charge in [-0.3, -0.25) is 9.59 Å². The fourth-order valence-corrected chi connectivity index (χ4v) is 4.56. The van der Waals surface area contributed by atoms with E-state index in [1.807, 2.05) is 26.8 Å². The maximum Gasteiger partial charge on any atom is 0.407 e. The molecule has 2 amide bonds. The number of anilines is 1. The molecule has 3 aromatic rings. The number of carbonyl (C=O) groups is 3. The number of amides is 2. The van der Waals surface area contributed by atoms with Gasteiger partial charge in [0.05, 0.1) is 23.3 Å². The zero-order chi connectivity index (χ0) is 26.7. The standard InChI is InChI=1S/C27H28N4O6/c1-27(2,3)22-12-20(8-9-31(22)26(34)35)36-15-23(33)29-19-6-4-17(5-7-19)25-30-21-11-16(13-28)10-18(14-32)24(21)37-25/h4-7,10-11,14,20,22H,8-9,12,15H2,1-3H3,(H,29,33)(H,34,35). The molecule has 0 radical (unpaired) electrons. The monoisotopic (exact) mass is 504 g/mol. The summed E-state index contributed by atoms with van der Waals surface area (Å²) >= 11 is 0. The lowest BCUT2D eigenvalue weighted by Gasteiger charge is -2.44.